The molecule has 2 N–H and O–H groups in total. The van der Waals surface area contributed by atoms with Gasteiger partial charge in [-0.25, -0.2) is 0 Å². The average Bonchev–Trinajstić information content (AvgIpc) is 2.63. The van der Waals surface area contributed by atoms with Crippen molar-refractivity contribution in [2.24, 2.45) is 0 Å². The fraction of sp³-hybridized carbons (Fsp3) is 0.300. The highest BCUT2D eigenvalue weighted by atomic mass is 32.1. The molecule has 0 aliphatic rings. The van der Waals surface area contributed by atoms with Gasteiger partial charge in [0.25, 0.3) is 5.91 Å². The number of unbranched alkanes of at least 4 members (excludes halogenated alkanes) is 1. The van der Waals surface area contributed by atoms with Gasteiger partial charge < -0.3 is 10.1 Å². The minimum absolute atomic E-state index is 0.260. The highest BCUT2D eigenvalue weighted by Gasteiger charge is 2.13. The molecule has 0 aliphatic heterocycles. The number of hydrogen-bond donors (Lipinski definition) is 2. The second-order valence-electron chi connectivity index (χ2n) is 5.64. The van der Waals surface area contributed by atoms with E-state index >= 15 is 0 Å². The maximum absolute atomic E-state index is 12.4. The molecule has 2 aromatic rings. The van der Waals surface area contributed by atoms with Gasteiger partial charge in [0.1, 0.15) is 5.75 Å². The monoisotopic (exact) mass is 356 g/mol. The van der Waals surface area contributed by atoms with E-state index in [2.05, 4.69) is 29.7 Å². The van der Waals surface area contributed by atoms with E-state index in [-0.39, 0.29) is 5.91 Å². The van der Waals surface area contributed by atoms with Crippen LogP contribution in [0.25, 0.3) is 0 Å². The van der Waals surface area contributed by atoms with Crippen molar-refractivity contribution in [1.82, 2.24) is 10.6 Å². The Kier molecular flexibility index (Phi) is 7.92. The van der Waals surface area contributed by atoms with Crippen LogP contribution >= 0.6 is 12.2 Å². The van der Waals surface area contributed by atoms with Gasteiger partial charge in [0, 0.05) is 6.54 Å². The number of carbonyl (C=O) groups excluding carboxylic acids is 1. The summed E-state index contributed by atoms with van der Waals surface area (Å²) in [5, 5.41) is 6.10. The molecule has 5 heteroatoms. The Balaban J connectivity index is 1.83. The summed E-state index contributed by atoms with van der Waals surface area (Å²) < 4.78 is 5.69. The fourth-order valence-corrected chi connectivity index (χ4v) is 2.48. The number of amides is 1. The minimum atomic E-state index is -0.260. The number of thiocarbonyl (C=S) groups is 1. The molecule has 0 aromatic heterocycles. The smallest absolute Gasteiger partial charge is 0.261 e. The molecule has 0 fully saturated rings. The Morgan fingerprint density at radius 3 is 2.56 bits per heavy atom. The van der Waals surface area contributed by atoms with Crippen LogP contribution in [-0.2, 0) is 6.42 Å². The number of benzene rings is 2. The molecule has 0 unspecified atom stereocenters. The average molecular weight is 356 g/mol. The third-order valence-corrected chi connectivity index (χ3v) is 3.90. The number of nitrogens with one attached hydrogen (secondary N) is 2. The SMILES string of the molecule is CCCCOc1ccccc1C(=O)NC(=S)NCCc1ccccc1. The number of rotatable bonds is 8. The second-order valence-corrected chi connectivity index (χ2v) is 6.05. The predicted molar refractivity (Wildman–Crippen MR) is 105 cm³/mol. The van der Waals surface area contributed by atoms with E-state index < -0.39 is 0 Å². The molecular weight excluding hydrogens is 332 g/mol. The summed E-state index contributed by atoms with van der Waals surface area (Å²) in [6, 6.07) is 17.3. The Morgan fingerprint density at radius 1 is 1.08 bits per heavy atom. The lowest BCUT2D eigenvalue weighted by Gasteiger charge is -2.13. The predicted octanol–water partition coefficient (Wildman–Crippen LogP) is 3.71. The van der Waals surface area contributed by atoms with E-state index in [0.29, 0.717) is 29.6 Å². The van der Waals surface area contributed by atoms with Crippen molar-refractivity contribution in [2.75, 3.05) is 13.2 Å². The van der Waals surface area contributed by atoms with E-state index in [0.717, 1.165) is 19.3 Å². The topological polar surface area (TPSA) is 50.4 Å². The molecule has 0 atom stereocenters. The molecule has 1 amide bonds. The van der Waals surface area contributed by atoms with E-state index in [1.807, 2.05) is 30.3 Å². The zero-order chi connectivity index (χ0) is 17.9. The number of carbonyl (C=O) groups is 1. The summed E-state index contributed by atoms with van der Waals surface area (Å²) in [7, 11) is 0. The first kappa shape index (κ1) is 18.9. The van der Waals surface area contributed by atoms with Crippen molar-refractivity contribution in [2.45, 2.75) is 26.2 Å². The largest absolute Gasteiger partial charge is 0.493 e. The lowest BCUT2D eigenvalue weighted by Crippen LogP contribution is -2.40. The molecule has 4 nitrogen and oxygen atoms in total. The van der Waals surface area contributed by atoms with Crippen LogP contribution in [-0.4, -0.2) is 24.2 Å². The van der Waals surface area contributed by atoms with Gasteiger partial charge in [-0.05, 0) is 42.8 Å². The summed E-state index contributed by atoms with van der Waals surface area (Å²) in [5.74, 6) is 0.324. The van der Waals surface area contributed by atoms with Gasteiger partial charge >= 0.3 is 0 Å². The third kappa shape index (κ3) is 6.55. The van der Waals surface area contributed by atoms with Gasteiger partial charge in [-0.15, -0.1) is 0 Å². The van der Waals surface area contributed by atoms with Crippen LogP contribution in [0.1, 0.15) is 35.7 Å². The van der Waals surface area contributed by atoms with Crippen LogP contribution in [0, 0.1) is 0 Å². The maximum atomic E-state index is 12.4. The van der Waals surface area contributed by atoms with Gasteiger partial charge in [-0.1, -0.05) is 55.8 Å². The zero-order valence-electron chi connectivity index (χ0n) is 14.5. The zero-order valence-corrected chi connectivity index (χ0v) is 15.3. The highest BCUT2D eigenvalue weighted by Crippen LogP contribution is 2.18. The van der Waals surface area contributed by atoms with Crippen LogP contribution in [0.15, 0.2) is 54.6 Å². The van der Waals surface area contributed by atoms with Gasteiger partial charge in [0.15, 0.2) is 5.11 Å². The van der Waals surface area contributed by atoms with Crippen LogP contribution in [0.5, 0.6) is 5.75 Å². The Morgan fingerprint density at radius 2 is 1.80 bits per heavy atom. The quantitative estimate of drug-likeness (QED) is 0.559. The first-order valence-electron chi connectivity index (χ1n) is 8.55. The highest BCUT2D eigenvalue weighted by molar-refractivity contribution is 7.80. The summed E-state index contributed by atoms with van der Waals surface area (Å²) in [5.41, 5.74) is 1.71. The van der Waals surface area contributed by atoms with Crippen molar-refractivity contribution < 1.29 is 9.53 Å². The molecule has 0 heterocycles. The fourth-order valence-electron chi connectivity index (χ4n) is 2.29. The van der Waals surface area contributed by atoms with Gasteiger partial charge in [0.2, 0.25) is 0 Å². The lowest BCUT2D eigenvalue weighted by molar-refractivity contribution is 0.0972. The normalized spacial score (nSPS) is 10.1. The van der Waals surface area contributed by atoms with Crippen molar-refractivity contribution in [1.29, 1.82) is 0 Å². The summed E-state index contributed by atoms with van der Waals surface area (Å²) in [6.45, 7) is 3.36. The van der Waals surface area contributed by atoms with E-state index in [9.17, 15) is 4.79 Å². The number of hydrogen-bond acceptors (Lipinski definition) is 3. The van der Waals surface area contributed by atoms with Crippen molar-refractivity contribution in [3.63, 3.8) is 0 Å². The second kappa shape index (κ2) is 10.5. The molecule has 0 saturated heterocycles. The van der Waals surface area contributed by atoms with Gasteiger partial charge in [0.05, 0.1) is 12.2 Å². The molecule has 0 radical (unpaired) electrons. The van der Waals surface area contributed by atoms with Crippen LogP contribution in [0.4, 0.5) is 0 Å². The summed E-state index contributed by atoms with van der Waals surface area (Å²) in [4.78, 5) is 12.4. The van der Waals surface area contributed by atoms with E-state index in [1.165, 1.54) is 5.56 Å². The molecule has 0 spiro atoms. The molecule has 2 rings (SSSR count). The van der Waals surface area contributed by atoms with E-state index in [4.69, 9.17) is 17.0 Å². The van der Waals surface area contributed by atoms with Gasteiger partial charge in [-0.3, -0.25) is 10.1 Å². The summed E-state index contributed by atoms with van der Waals surface area (Å²) in [6.07, 6.45) is 2.84. The Hall–Kier alpha value is -2.40. The van der Waals surface area contributed by atoms with E-state index in [1.54, 1.807) is 12.1 Å². The first-order valence-corrected chi connectivity index (χ1v) is 8.96. The van der Waals surface area contributed by atoms with Crippen LogP contribution < -0.4 is 15.4 Å². The standard InChI is InChI=1S/C20H24N2O2S/c1-2-3-15-24-18-12-8-7-11-17(18)19(23)22-20(25)21-14-13-16-9-5-4-6-10-16/h4-12H,2-3,13-15H2,1H3,(H2,21,22,23,25). The third-order valence-electron chi connectivity index (χ3n) is 3.66. The number of ether oxygens (including phenoxy) is 1. The number of para-hydroxylation sites is 1. The maximum Gasteiger partial charge on any atom is 0.261 e. The van der Waals surface area contributed by atoms with Gasteiger partial charge in [-0.2, -0.15) is 0 Å². The lowest BCUT2D eigenvalue weighted by atomic mass is 10.1. The van der Waals surface area contributed by atoms with Crippen LogP contribution in [0.3, 0.4) is 0 Å². The molecule has 2 aromatic carbocycles. The Bertz CT molecular complexity index is 689. The molecule has 25 heavy (non-hydrogen) atoms. The molecule has 0 saturated carbocycles. The molecule has 132 valence electrons. The molecular formula is C20H24N2O2S. The first-order chi connectivity index (χ1) is 12.2. The summed E-state index contributed by atoms with van der Waals surface area (Å²) >= 11 is 5.21. The Labute approximate surface area is 154 Å². The van der Waals surface area contributed by atoms with Crippen molar-refractivity contribution >= 4 is 23.2 Å². The van der Waals surface area contributed by atoms with Crippen molar-refractivity contribution in [3.8, 4) is 5.75 Å². The molecule has 0 bridgehead atoms. The van der Waals surface area contributed by atoms with Crippen molar-refractivity contribution in [3.05, 3.63) is 65.7 Å². The van der Waals surface area contributed by atoms with Crippen LogP contribution in [0.2, 0.25) is 0 Å². The molecule has 0 aliphatic carbocycles. The minimum Gasteiger partial charge on any atom is -0.493 e.